The van der Waals surface area contributed by atoms with Crippen LogP contribution >= 0.6 is 34.8 Å². The Morgan fingerprint density at radius 2 is 1.57 bits per heavy atom. The fraction of sp³-hybridized carbons (Fsp3) is 0.0690. The fourth-order valence-corrected chi connectivity index (χ4v) is 5.70. The number of ether oxygens (including phenoxy) is 1. The Kier molecular flexibility index (Phi) is 10.4. The summed E-state index contributed by atoms with van der Waals surface area (Å²) >= 11 is 18.3. The van der Waals surface area contributed by atoms with E-state index >= 15 is 0 Å². The van der Waals surface area contributed by atoms with Gasteiger partial charge in [-0.3, -0.25) is 13.9 Å². The van der Waals surface area contributed by atoms with Crippen molar-refractivity contribution in [3.05, 3.63) is 118 Å². The van der Waals surface area contributed by atoms with Crippen molar-refractivity contribution < 1.29 is 22.7 Å². The molecule has 0 aliphatic carbocycles. The third-order valence-electron chi connectivity index (χ3n) is 5.58. The van der Waals surface area contributed by atoms with Crippen LogP contribution in [0.4, 0.5) is 11.4 Å². The van der Waals surface area contributed by atoms with E-state index in [2.05, 4.69) is 15.8 Å². The van der Waals surface area contributed by atoms with Crippen LogP contribution in [0.3, 0.4) is 0 Å². The molecule has 4 aromatic carbocycles. The monoisotopic (exact) mass is 644 g/mol. The normalized spacial score (nSPS) is 11.2. The summed E-state index contributed by atoms with van der Waals surface area (Å²) in [6.45, 7) is -0.826. The number of nitrogens with one attached hydrogen (secondary N) is 2. The molecule has 0 atom stereocenters. The van der Waals surface area contributed by atoms with Crippen LogP contribution in [0.1, 0.15) is 5.56 Å². The SMILES string of the molecule is O=C(CN(c1cccc(Cl)c1Cl)S(=O)(=O)c1ccccc1)N/N=C\c1ccc(OCC(=O)Nc2cccc(Cl)c2)cc1. The maximum Gasteiger partial charge on any atom is 0.264 e. The van der Waals surface area contributed by atoms with Crippen molar-refractivity contribution in [3.63, 3.8) is 0 Å². The first kappa shape index (κ1) is 30.9. The first-order chi connectivity index (χ1) is 20.1. The number of amides is 2. The number of carbonyl (C=O) groups excluding carboxylic acids is 2. The van der Waals surface area contributed by atoms with Crippen LogP contribution in [0.15, 0.2) is 107 Å². The summed E-state index contributed by atoms with van der Waals surface area (Å²) in [7, 11) is -4.17. The van der Waals surface area contributed by atoms with E-state index in [1.165, 1.54) is 36.5 Å². The molecule has 9 nitrogen and oxygen atoms in total. The minimum absolute atomic E-state index is 0.0146. The van der Waals surface area contributed by atoms with Crippen LogP contribution in [0, 0.1) is 0 Å². The number of sulfonamides is 1. The molecule has 0 aliphatic rings. The molecule has 0 unspecified atom stereocenters. The standard InChI is InChI=1S/C29H23Cl3N4O5S/c30-21-6-4-7-22(16-21)34-28(38)19-41-23-14-12-20(13-15-23)17-33-35-27(37)18-36(26-11-5-10-25(31)29(26)32)42(39,40)24-8-2-1-3-9-24/h1-17H,18-19H2,(H,34,38)(H,35,37)/b33-17-. The van der Waals surface area contributed by atoms with Crippen molar-refractivity contribution in [1.82, 2.24) is 5.43 Å². The summed E-state index contributed by atoms with van der Waals surface area (Å²) in [6.07, 6.45) is 1.37. The zero-order valence-electron chi connectivity index (χ0n) is 21.7. The highest BCUT2D eigenvalue weighted by Gasteiger charge is 2.29. The topological polar surface area (TPSA) is 117 Å². The van der Waals surface area contributed by atoms with E-state index in [0.717, 1.165) is 4.31 Å². The van der Waals surface area contributed by atoms with E-state index in [1.807, 2.05) is 0 Å². The van der Waals surface area contributed by atoms with E-state index in [9.17, 15) is 18.0 Å². The Morgan fingerprint density at radius 1 is 0.857 bits per heavy atom. The number of nitrogens with zero attached hydrogens (tertiary/aromatic N) is 2. The summed E-state index contributed by atoms with van der Waals surface area (Å²) in [5, 5.41) is 7.23. The molecule has 0 heterocycles. The van der Waals surface area contributed by atoms with Gasteiger partial charge in [0, 0.05) is 10.7 Å². The second kappa shape index (κ2) is 14.2. The van der Waals surface area contributed by atoms with Gasteiger partial charge in [0.15, 0.2) is 6.61 Å². The van der Waals surface area contributed by atoms with Crippen LogP contribution < -0.4 is 19.8 Å². The van der Waals surface area contributed by atoms with Gasteiger partial charge in [-0.05, 0) is 72.3 Å². The number of hydrazone groups is 1. The minimum atomic E-state index is -4.17. The number of anilines is 2. The van der Waals surface area contributed by atoms with Gasteiger partial charge in [-0.1, -0.05) is 65.1 Å². The predicted molar refractivity (Wildman–Crippen MR) is 165 cm³/mol. The van der Waals surface area contributed by atoms with Crippen molar-refractivity contribution >= 4 is 74.2 Å². The number of hydrogen-bond donors (Lipinski definition) is 2. The highest BCUT2D eigenvalue weighted by molar-refractivity contribution is 7.92. The molecule has 0 spiro atoms. The lowest BCUT2D eigenvalue weighted by atomic mass is 10.2. The number of halogens is 3. The molecule has 0 saturated carbocycles. The molecular formula is C29H23Cl3N4O5S. The molecule has 4 rings (SSSR count). The lowest BCUT2D eigenvalue weighted by molar-refractivity contribution is -0.119. The summed E-state index contributed by atoms with van der Waals surface area (Å²) in [5.74, 6) is -0.627. The number of rotatable bonds is 11. The van der Waals surface area contributed by atoms with Crippen LogP contribution in [-0.2, 0) is 19.6 Å². The third kappa shape index (κ3) is 8.23. The average Bonchev–Trinajstić information content (AvgIpc) is 2.97. The summed E-state index contributed by atoms with van der Waals surface area (Å²) < 4.78 is 33.2. The number of hydrogen-bond acceptors (Lipinski definition) is 6. The summed E-state index contributed by atoms with van der Waals surface area (Å²) in [4.78, 5) is 24.9. The van der Waals surface area contributed by atoms with Gasteiger partial charge in [-0.25, -0.2) is 13.8 Å². The molecule has 0 bridgehead atoms. The van der Waals surface area contributed by atoms with Crippen LogP contribution in [0.2, 0.25) is 15.1 Å². The Hall–Kier alpha value is -4.09. The van der Waals surface area contributed by atoms with Crippen molar-refractivity contribution in [2.24, 2.45) is 5.10 Å². The first-order valence-corrected chi connectivity index (χ1v) is 14.8. The second-order valence-electron chi connectivity index (χ2n) is 8.61. The molecule has 42 heavy (non-hydrogen) atoms. The Labute approximate surface area is 257 Å². The first-order valence-electron chi connectivity index (χ1n) is 12.3. The van der Waals surface area contributed by atoms with E-state index < -0.39 is 22.5 Å². The molecule has 13 heteroatoms. The van der Waals surface area contributed by atoms with E-state index in [-0.39, 0.29) is 33.1 Å². The van der Waals surface area contributed by atoms with Crippen LogP contribution in [0.25, 0.3) is 0 Å². The number of carbonyl (C=O) groups is 2. The predicted octanol–water partition coefficient (Wildman–Crippen LogP) is 6.01. The summed E-state index contributed by atoms with van der Waals surface area (Å²) in [6, 6.07) is 25.5. The van der Waals surface area contributed by atoms with Gasteiger partial charge in [-0.2, -0.15) is 5.10 Å². The van der Waals surface area contributed by atoms with Crippen molar-refractivity contribution in [3.8, 4) is 5.75 Å². The molecular weight excluding hydrogens is 623 g/mol. The highest BCUT2D eigenvalue weighted by atomic mass is 35.5. The van der Waals surface area contributed by atoms with Gasteiger partial charge in [0.2, 0.25) is 0 Å². The largest absolute Gasteiger partial charge is 0.484 e. The Balaban J connectivity index is 1.36. The van der Waals surface area contributed by atoms with E-state index in [4.69, 9.17) is 39.5 Å². The third-order valence-corrected chi connectivity index (χ3v) is 8.40. The zero-order chi connectivity index (χ0) is 30.1. The molecule has 2 N–H and O–H groups in total. The average molecular weight is 646 g/mol. The molecule has 0 saturated heterocycles. The van der Waals surface area contributed by atoms with Crippen LogP contribution in [-0.4, -0.2) is 39.6 Å². The lowest BCUT2D eigenvalue weighted by Gasteiger charge is -2.24. The van der Waals surface area contributed by atoms with Gasteiger partial charge in [-0.15, -0.1) is 0 Å². The highest BCUT2D eigenvalue weighted by Crippen LogP contribution is 2.35. The maximum atomic E-state index is 13.4. The van der Waals surface area contributed by atoms with Crippen molar-refractivity contribution in [2.75, 3.05) is 22.8 Å². The fourth-order valence-electron chi connectivity index (χ4n) is 3.61. The molecule has 0 radical (unpaired) electrons. The molecule has 0 aliphatic heterocycles. The quantitative estimate of drug-likeness (QED) is 0.153. The number of benzene rings is 4. The molecule has 0 aromatic heterocycles. The molecule has 0 fully saturated rings. The van der Waals surface area contributed by atoms with Gasteiger partial charge in [0.1, 0.15) is 12.3 Å². The second-order valence-corrected chi connectivity index (χ2v) is 11.7. The molecule has 216 valence electrons. The smallest absolute Gasteiger partial charge is 0.264 e. The van der Waals surface area contributed by atoms with Gasteiger partial charge in [0.25, 0.3) is 21.8 Å². The van der Waals surface area contributed by atoms with Crippen LogP contribution in [0.5, 0.6) is 5.75 Å². The van der Waals surface area contributed by atoms with Crippen molar-refractivity contribution in [1.29, 1.82) is 0 Å². The summed E-state index contributed by atoms with van der Waals surface area (Å²) in [5.41, 5.74) is 3.54. The Bertz CT molecular complexity index is 1700. The molecule has 4 aromatic rings. The van der Waals surface area contributed by atoms with E-state index in [0.29, 0.717) is 22.0 Å². The minimum Gasteiger partial charge on any atom is -0.484 e. The lowest BCUT2D eigenvalue weighted by Crippen LogP contribution is -2.39. The van der Waals surface area contributed by atoms with E-state index in [1.54, 1.807) is 66.7 Å². The van der Waals surface area contributed by atoms with Gasteiger partial charge >= 0.3 is 0 Å². The van der Waals surface area contributed by atoms with Crippen molar-refractivity contribution in [2.45, 2.75) is 4.90 Å². The Morgan fingerprint density at radius 3 is 2.29 bits per heavy atom. The van der Waals surface area contributed by atoms with Gasteiger partial charge < -0.3 is 10.1 Å². The molecule has 2 amide bonds. The van der Waals surface area contributed by atoms with Gasteiger partial charge in [0.05, 0.1) is 26.8 Å². The maximum absolute atomic E-state index is 13.4. The zero-order valence-corrected chi connectivity index (χ0v) is 24.8.